The van der Waals surface area contributed by atoms with Crippen LogP contribution >= 0.6 is 0 Å². The van der Waals surface area contributed by atoms with E-state index in [-0.39, 0.29) is 5.91 Å². The average Bonchev–Trinajstić information content (AvgIpc) is 3.09. The van der Waals surface area contributed by atoms with E-state index in [4.69, 9.17) is 0 Å². The highest BCUT2D eigenvalue weighted by Gasteiger charge is 2.11. The van der Waals surface area contributed by atoms with E-state index in [1.165, 1.54) is 0 Å². The lowest BCUT2D eigenvalue weighted by molar-refractivity contribution is 0.101. The molecule has 21 heavy (non-hydrogen) atoms. The van der Waals surface area contributed by atoms with Gasteiger partial charge < -0.3 is 5.32 Å². The summed E-state index contributed by atoms with van der Waals surface area (Å²) < 4.78 is 1.57. The number of nitrogens with one attached hydrogen (secondary N) is 2. The van der Waals surface area contributed by atoms with Crippen LogP contribution in [0.4, 0.5) is 5.69 Å². The number of rotatable bonds is 3. The summed E-state index contributed by atoms with van der Waals surface area (Å²) in [4.78, 5) is 12.2. The first-order chi connectivity index (χ1) is 10.1. The highest BCUT2D eigenvalue weighted by Crippen LogP contribution is 2.19. The van der Waals surface area contributed by atoms with E-state index in [1.807, 2.05) is 37.3 Å². The highest BCUT2D eigenvalue weighted by atomic mass is 16.2. The molecule has 1 amide bonds. The molecule has 0 unspecified atom stereocenters. The van der Waals surface area contributed by atoms with Gasteiger partial charge in [-0.15, -0.1) is 0 Å². The van der Waals surface area contributed by atoms with Crippen molar-refractivity contribution in [1.29, 1.82) is 0 Å². The smallest absolute Gasteiger partial charge is 0.273 e. The van der Waals surface area contributed by atoms with Crippen molar-refractivity contribution in [2.75, 3.05) is 5.32 Å². The van der Waals surface area contributed by atoms with Gasteiger partial charge in [0.2, 0.25) is 0 Å². The molecule has 2 aromatic heterocycles. The molecule has 3 rings (SSSR count). The fraction of sp³-hybridized carbons (Fsp3) is 0.133. The Morgan fingerprint density at radius 3 is 2.57 bits per heavy atom. The number of aromatic nitrogens is 4. The van der Waals surface area contributed by atoms with E-state index in [9.17, 15) is 4.79 Å². The molecule has 0 saturated carbocycles. The van der Waals surface area contributed by atoms with E-state index >= 15 is 0 Å². The number of hydrogen-bond donors (Lipinski definition) is 2. The van der Waals surface area contributed by atoms with Crippen LogP contribution in [0.25, 0.3) is 11.3 Å². The largest absolute Gasteiger partial charge is 0.321 e. The van der Waals surface area contributed by atoms with E-state index < -0.39 is 0 Å². The SMILES string of the molecule is Cc1cc(C(=O)Nc2ccc(-c3ccn[nH]3)cc2)n(C)n1. The Labute approximate surface area is 121 Å². The molecule has 0 bridgehead atoms. The summed E-state index contributed by atoms with van der Waals surface area (Å²) in [6.45, 7) is 1.86. The first-order valence-corrected chi connectivity index (χ1v) is 6.55. The number of hydrogen-bond acceptors (Lipinski definition) is 3. The second-order valence-corrected chi connectivity index (χ2v) is 4.80. The van der Waals surface area contributed by atoms with Crippen LogP contribution in [-0.4, -0.2) is 25.9 Å². The number of carbonyl (C=O) groups is 1. The van der Waals surface area contributed by atoms with Crippen molar-refractivity contribution in [3.05, 3.63) is 54.0 Å². The second-order valence-electron chi connectivity index (χ2n) is 4.80. The lowest BCUT2D eigenvalue weighted by Gasteiger charge is -2.06. The van der Waals surface area contributed by atoms with Crippen LogP contribution < -0.4 is 5.32 Å². The molecule has 0 aliphatic heterocycles. The number of aryl methyl sites for hydroxylation is 2. The van der Waals surface area contributed by atoms with Gasteiger partial charge in [-0.25, -0.2) is 0 Å². The predicted molar refractivity (Wildman–Crippen MR) is 79.9 cm³/mol. The maximum absolute atomic E-state index is 12.2. The molecular formula is C15H15N5O. The van der Waals surface area contributed by atoms with Gasteiger partial charge in [0, 0.05) is 18.9 Å². The van der Waals surface area contributed by atoms with Gasteiger partial charge in [-0.1, -0.05) is 12.1 Å². The van der Waals surface area contributed by atoms with E-state index in [0.29, 0.717) is 5.69 Å². The third-order valence-corrected chi connectivity index (χ3v) is 3.19. The summed E-state index contributed by atoms with van der Waals surface area (Å²) in [6.07, 6.45) is 1.70. The average molecular weight is 281 g/mol. The van der Waals surface area contributed by atoms with Crippen LogP contribution in [0.2, 0.25) is 0 Å². The van der Waals surface area contributed by atoms with E-state index in [1.54, 1.807) is 24.0 Å². The summed E-state index contributed by atoms with van der Waals surface area (Å²) in [5, 5.41) is 13.8. The molecule has 106 valence electrons. The van der Waals surface area contributed by atoms with Gasteiger partial charge in [0.25, 0.3) is 5.91 Å². The number of anilines is 1. The Kier molecular flexibility index (Phi) is 3.27. The van der Waals surface area contributed by atoms with Crippen molar-refractivity contribution >= 4 is 11.6 Å². The molecule has 2 heterocycles. The van der Waals surface area contributed by atoms with E-state index in [0.717, 1.165) is 22.6 Å². The second kappa shape index (κ2) is 5.24. The lowest BCUT2D eigenvalue weighted by Crippen LogP contribution is -2.15. The standard InChI is InChI=1S/C15H15N5O/c1-10-9-14(20(2)19-10)15(21)17-12-5-3-11(4-6-12)13-7-8-16-18-13/h3-9H,1-2H3,(H,16,18)(H,17,21). The summed E-state index contributed by atoms with van der Waals surface area (Å²) in [5.74, 6) is -0.174. The van der Waals surface area contributed by atoms with Gasteiger partial charge >= 0.3 is 0 Å². The molecule has 1 aromatic carbocycles. The summed E-state index contributed by atoms with van der Waals surface area (Å²) in [5.41, 5.74) is 4.04. The first kappa shape index (κ1) is 13.1. The van der Waals surface area contributed by atoms with Crippen LogP contribution in [-0.2, 0) is 7.05 Å². The predicted octanol–water partition coefficient (Wildman–Crippen LogP) is 2.37. The van der Waals surface area contributed by atoms with Crippen molar-refractivity contribution in [3.63, 3.8) is 0 Å². The number of amides is 1. The Bertz CT molecular complexity index is 756. The van der Waals surface area contributed by atoms with Gasteiger partial charge in [0.15, 0.2) is 0 Å². The zero-order chi connectivity index (χ0) is 14.8. The topological polar surface area (TPSA) is 75.6 Å². The van der Waals surface area contributed by atoms with Crippen molar-refractivity contribution in [2.24, 2.45) is 7.05 Å². The molecule has 3 aromatic rings. The Morgan fingerprint density at radius 1 is 1.24 bits per heavy atom. The highest BCUT2D eigenvalue weighted by molar-refractivity contribution is 6.03. The third kappa shape index (κ3) is 2.69. The summed E-state index contributed by atoms with van der Waals surface area (Å²) in [7, 11) is 1.75. The molecule has 6 nitrogen and oxygen atoms in total. The van der Waals surface area contributed by atoms with Crippen LogP contribution in [0.1, 0.15) is 16.2 Å². The van der Waals surface area contributed by atoms with Crippen molar-refractivity contribution in [2.45, 2.75) is 6.92 Å². The van der Waals surface area contributed by atoms with Gasteiger partial charge in [-0.05, 0) is 36.8 Å². The number of aromatic amines is 1. The van der Waals surface area contributed by atoms with Gasteiger partial charge in [0.1, 0.15) is 5.69 Å². The first-order valence-electron chi connectivity index (χ1n) is 6.55. The molecular weight excluding hydrogens is 266 g/mol. The fourth-order valence-electron chi connectivity index (χ4n) is 2.17. The number of carbonyl (C=O) groups excluding carboxylic acids is 1. The molecule has 0 saturated heterocycles. The molecule has 0 aliphatic rings. The molecule has 0 atom stereocenters. The lowest BCUT2D eigenvalue weighted by atomic mass is 10.1. The van der Waals surface area contributed by atoms with Gasteiger partial charge in [-0.3, -0.25) is 14.6 Å². The minimum Gasteiger partial charge on any atom is -0.321 e. The Morgan fingerprint density at radius 2 is 2.00 bits per heavy atom. The van der Waals surface area contributed by atoms with Crippen LogP contribution in [0.5, 0.6) is 0 Å². The zero-order valence-electron chi connectivity index (χ0n) is 11.8. The maximum atomic E-state index is 12.2. The summed E-state index contributed by atoms with van der Waals surface area (Å²) >= 11 is 0. The van der Waals surface area contributed by atoms with Crippen molar-refractivity contribution < 1.29 is 4.79 Å². The molecule has 0 radical (unpaired) electrons. The normalized spacial score (nSPS) is 10.6. The van der Waals surface area contributed by atoms with Gasteiger partial charge in [0.05, 0.1) is 11.4 Å². The van der Waals surface area contributed by atoms with Crippen molar-refractivity contribution in [1.82, 2.24) is 20.0 Å². The van der Waals surface area contributed by atoms with Crippen molar-refractivity contribution in [3.8, 4) is 11.3 Å². The maximum Gasteiger partial charge on any atom is 0.273 e. The molecule has 0 aliphatic carbocycles. The van der Waals surface area contributed by atoms with Crippen LogP contribution in [0.15, 0.2) is 42.6 Å². The number of benzene rings is 1. The minimum atomic E-state index is -0.174. The fourth-order valence-corrected chi connectivity index (χ4v) is 2.17. The third-order valence-electron chi connectivity index (χ3n) is 3.19. The minimum absolute atomic E-state index is 0.174. The Hall–Kier alpha value is -2.89. The van der Waals surface area contributed by atoms with E-state index in [2.05, 4.69) is 20.6 Å². The van der Waals surface area contributed by atoms with Gasteiger partial charge in [-0.2, -0.15) is 10.2 Å². The zero-order valence-corrected chi connectivity index (χ0v) is 11.8. The molecule has 2 N–H and O–H groups in total. The molecule has 6 heteroatoms. The summed E-state index contributed by atoms with van der Waals surface area (Å²) in [6, 6.07) is 11.2. The van der Waals surface area contributed by atoms with Crippen LogP contribution in [0.3, 0.4) is 0 Å². The number of nitrogens with zero attached hydrogens (tertiary/aromatic N) is 3. The van der Waals surface area contributed by atoms with Crippen LogP contribution in [0, 0.1) is 6.92 Å². The quantitative estimate of drug-likeness (QED) is 0.774. The Balaban J connectivity index is 1.76. The molecule has 0 spiro atoms. The monoisotopic (exact) mass is 281 g/mol. The molecule has 0 fully saturated rings. The number of H-pyrrole nitrogens is 1.